The van der Waals surface area contributed by atoms with Crippen molar-refractivity contribution in [3.8, 4) is 0 Å². The Morgan fingerprint density at radius 1 is 1.23 bits per heavy atom. The van der Waals surface area contributed by atoms with Crippen molar-refractivity contribution < 1.29 is 22.4 Å². The number of unbranched alkanes of at least 4 members (excludes halogenated alkanes) is 1. The quantitative estimate of drug-likeness (QED) is 0.622. The van der Waals surface area contributed by atoms with Gasteiger partial charge in [-0.3, -0.25) is 9.59 Å². The first-order valence-corrected chi connectivity index (χ1v) is 11.6. The summed E-state index contributed by atoms with van der Waals surface area (Å²) in [5, 5.41) is 2.79. The van der Waals surface area contributed by atoms with Gasteiger partial charge in [0.25, 0.3) is 5.91 Å². The van der Waals surface area contributed by atoms with Gasteiger partial charge in [-0.05, 0) is 49.6 Å². The number of nitrogens with one attached hydrogen (secondary N) is 2. The summed E-state index contributed by atoms with van der Waals surface area (Å²) >= 11 is 0. The molecule has 9 heteroatoms. The highest BCUT2D eigenvalue weighted by molar-refractivity contribution is 7.89. The molecule has 1 fully saturated rings. The zero-order valence-electron chi connectivity index (χ0n) is 17.0. The molecule has 30 heavy (non-hydrogen) atoms. The number of amides is 2. The molecule has 1 aliphatic rings. The summed E-state index contributed by atoms with van der Waals surface area (Å²) in [6, 6.07) is 9.44. The van der Waals surface area contributed by atoms with Crippen molar-refractivity contribution in [1.29, 1.82) is 0 Å². The van der Waals surface area contributed by atoms with E-state index in [0.717, 1.165) is 12.8 Å². The minimum absolute atomic E-state index is 0.106. The van der Waals surface area contributed by atoms with Crippen molar-refractivity contribution in [2.75, 3.05) is 25.0 Å². The SMILES string of the molecule is CCCCNS(=O)(=O)c1cccc(NC(=O)C2CCCN(C(=O)c3ccco3)C2)c1. The number of rotatable bonds is 8. The number of carbonyl (C=O) groups excluding carboxylic acids is 2. The van der Waals surface area contributed by atoms with E-state index in [4.69, 9.17) is 4.42 Å². The molecule has 1 aliphatic heterocycles. The van der Waals surface area contributed by atoms with E-state index in [0.29, 0.717) is 38.2 Å². The summed E-state index contributed by atoms with van der Waals surface area (Å²) in [6.45, 7) is 3.22. The number of furan rings is 1. The maximum atomic E-state index is 12.8. The first kappa shape index (κ1) is 22.0. The number of hydrogen-bond acceptors (Lipinski definition) is 5. The smallest absolute Gasteiger partial charge is 0.289 e. The topological polar surface area (TPSA) is 109 Å². The summed E-state index contributed by atoms with van der Waals surface area (Å²) in [6.07, 6.45) is 4.45. The maximum absolute atomic E-state index is 12.8. The summed E-state index contributed by atoms with van der Waals surface area (Å²) in [5.74, 6) is -0.589. The Bertz CT molecular complexity index is 972. The second-order valence-corrected chi connectivity index (χ2v) is 9.10. The van der Waals surface area contributed by atoms with E-state index in [1.165, 1.54) is 18.4 Å². The van der Waals surface area contributed by atoms with Gasteiger partial charge in [0, 0.05) is 25.3 Å². The van der Waals surface area contributed by atoms with Crippen molar-refractivity contribution in [3.63, 3.8) is 0 Å². The molecule has 8 nitrogen and oxygen atoms in total. The van der Waals surface area contributed by atoms with Crippen LogP contribution in [0.15, 0.2) is 52.0 Å². The molecule has 0 spiro atoms. The lowest BCUT2D eigenvalue weighted by Gasteiger charge is -2.31. The van der Waals surface area contributed by atoms with Crippen molar-refractivity contribution in [2.24, 2.45) is 5.92 Å². The highest BCUT2D eigenvalue weighted by Crippen LogP contribution is 2.22. The van der Waals surface area contributed by atoms with Gasteiger partial charge >= 0.3 is 0 Å². The molecule has 0 bridgehead atoms. The molecule has 1 aromatic carbocycles. The number of sulfonamides is 1. The average Bonchev–Trinajstić information content (AvgIpc) is 3.28. The van der Waals surface area contributed by atoms with Gasteiger partial charge in [0.15, 0.2) is 5.76 Å². The van der Waals surface area contributed by atoms with Crippen LogP contribution in [-0.2, 0) is 14.8 Å². The summed E-state index contributed by atoms with van der Waals surface area (Å²) in [5.41, 5.74) is 0.410. The highest BCUT2D eigenvalue weighted by Gasteiger charge is 2.30. The zero-order chi connectivity index (χ0) is 21.6. The molecule has 0 aliphatic carbocycles. The third-order valence-corrected chi connectivity index (χ3v) is 6.50. The highest BCUT2D eigenvalue weighted by atomic mass is 32.2. The van der Waals surface area contributed by atoms with E-state index < -0.39 is 10.0 Å². The van der Waals surface area contributed by atoms with Gasteiger partial charge in [-0.2, -0.15) is 0 Å². The molecule has 0 radical (unpaired) electrons. The molecule has 2 N–H and O–H groups in total. The van der Waals surface area contributed by atoms with E-state index in [1.807, 2.05) is 6.92 Å². The normalized spacial score (nSPS) is 17.0. The monoisotopic (exact) mass is 433 g/mol. The average molecular weight is 434 g/mol. The van der Waals surface area contributed by atoms with Crippen molar-refractivity contribution in [2.45, 2.75) is 37.5 Å². The van der Waals surface area contributed by atoms with Crippen LogP contribution in [0.5, 0.6) is 0 Å². The first-order valence-electron chi connectivity index (χ1n) is 10.1. The van der Waals surface area contributed by atoms with Gasteiger partial charge in [-0.25, -0.2) is 13.1 Å². The zero-order valence-corrected chi connectivity index (χ0v) is 17.8. The van der Waals surface area contributed by atoms with Gasteiger partial charge in [0.2, 0.25) is 15.9 Å². The lowest BCUT2D eigenvalue weighted by Crippen LogP contribution is -2.43. The van der Waals surface area contributed by atoms with Crippen LogP contribution in [0.4, 0.5) is 5.69 Å². The molecule has 1 atom stereocenters. The van der Waals surface area contributed by atoms with Gasteiger partial charge in [-0.15, -0.1) is 0 Å². The van der Waals surface area contributed by atoms with Gasteiger partial charge in [0.05, 0.1) is 17.1 Å². The van der Waals surface area contributed by atoms with Crippen LogP contribution in [0, 0.1) is 5.92 Å². The lowest BCUT2D eigenvalue weighted by atomic mass is 9.96. The third kappa shape index (κ3) is 5.48. The fourth-order valence-electron chi connectivity index (χ4n) is 3.38. The summed E-state index contributed by atoms with van der Waals surface area (Å²) in [7, 11) is -3.63. The fourth-order valence-corrected chi connectivity index (χ4v) is 4.50. The number of hydrogen-bond donors (Lipinski definition) is 2. The number of benzene rings is 1. The molecule has 1 saturated heterocycles. The van der Waals surface area contributed by atoms with Crippen LogP contribution in [0.3, 0.4) is 0 Å². The van der Waals surface area contributed by atoms with Crippen LogP contribution in [-0.4, -0.2) is 44.8 Å². The molecule has 162 valence electrons. The third-order valence-electron chi connectivity index (χ3n) is 5.05. The Hall–Kier alpha value is -2.65. The van der Waals surface area contributed by atoms with Gasteiger partial charge in [-0.1, -0.05) is 19.4 Å². The standard InChI is InChI=1S/C21H27N3O5S/c1-2-3-11-22-30(27,28)18-9-4-8-17(14-18)23-20(25)16-7-5-12-24(15-16)21(26)19-10-6-13-29-19/h4,6,8-10,13-14,16,22H,2-3,5,7,11-12,15H2,1H3,(H,23,25). The summed E-state index contributed by atoms with van der Waals surface area (Å²) < 4.78 is 32.5. The fraction of sp³-hybridized carbons (Fsp3) is 0.429. The largest absolute Gasteiger partial charge is 0.459 e. The van der Waals surface area contributed by atoms with Crippen molar-refractivity contribution in [1.82, 2.24) is 9.62 Å². The molecular formula is C21H27N3O5S. The van der Waals surface area contributed by atoms with Crippen LogP contribution in [0.1, 0.15) is 43.2 Å². The van der Waals surface area contributed by atoms with E-state index >= 15 is 0 Å². The van der Waals surface area contributed by atoms with Crippen LogP contribution in [0.2, 0.25) is 0 Å². The number of likely N-dealkylation sites (tertiary alicyclic amines) is 1. The van der Waals surface area contributed by atoms with Crippen LogP contribution >= 0.6 is 0 Å². The molecule has 2 heterocycles. The molecule has 0 saturated carbocycles. The number of anilines is 1. The Labute approximate surface area is 176 Å². The summed E-state index contributed by atoms with van der Waals surface area (Å²) in [4.78, 5) is 27.0. The van der Waals surface area contributed by atoms with E-state index in [9.17, 15) is 18.0 Å². The minimum atomic E-state index is -3.63. The molecule has 1 aromatic heterocycles. The second-order valence-electron chi connectivity index (χ2n) is 7.34. The predicted octanol–water partition coefficient (Wildman–Crippen LogP) is 2.85. The Morgan fingerprint density at radius 2 is 2.07 bits per heavy atom. The van der Waals surface area contributed by atoms with E-state index in [1.54, 1.807) is 29.2 Å². The van der Waals surface area contributed by atoms with Crippen LogP contribution < -0.4 is 10.0 Å². The molecule has 2 aromatic rings. The number of piperidine rings is 1. The van der Waals surface area contributed by atoms with Crippen molar-refractivity contribution in [3.05, 3.63) is 48.4 Å². The molecule has 1 unspecified atom stereocenters. The minimum Gasteiger partial charge on any atom is -0.459 e. The maximum Gasteiger partial charge on any atom is 0.289 e. The number of carbonyl (C=O) groups is 2. The Balaban J connectivity index is 1.63. The van der Waals surface area contributed by atoms with Crippen LogP contribution in [0.25, 0.3) is 0 Å². The van der Waals surface area contributed by atoms with Gasteiger partial charge < -0.3 is 14.6 Å². The molecule has 3 rings (SSSR count). The first-order chi connectivity index (χ1) is 14.4. The molecule has 2 amide bonds. The van der Waals surface area contributed by atoms with Crippen molar-refractivity contribution >= 4 is 27.5 Å². The number of nitrogens with zero attached hydrogens (tertiary/aromatic N) is 1. The Morgan fingerprint density at radius 3 is 2.80 bits per heavy atom. The van der Waals surface area contributed by atoms with E-state index in [2.05, 4.69) is 10.0 Å². The van der Waals surface area contributed by atoms with E-state index in [-0.39, 0.29) is 28.4 Å². The second kappa shape index (κ2) is 9.90. The lowest BCUT2D eigenvalue weighted by molar-refractivity contribution is -0.121. The molecular weight excluding hydrogens is 406 g/mol. The Kier molecular flexibility index (Phi) is 7.28. The van der Waals surface area contributed by atoms with Gasteiger partial charge in [0.1, 0.15) is 0 Å². The predicted molar refractivity (Wildman–Crippen MR) is 113 cm³/mol.